The first kappa shape index (κ1) is 38.0. The van der Waals surface area contributed by atoms with Gasteiger partial charge in [-0.3, -0.25) is 14.4 Å². The standard InChI is InChI=1S/C47H52N6O4/c1-31-24-34-8-6-7-9-36(34)30-53(31)47(57)43-27-37-29-52(45(55)25-33-10-12-39(13-11-33)51-22-20-48(3)21-23-51)19-18-35(37)26-42(43)44-28-41(32(2)49(44)4)46(56)50(5)38-14-16-40(54)17-15-38/h6-17,26-28,31,54H,18-25,29-30H2,1-5H3/t31-/m1/s1. The van der Waals surface area contributed by atoms with Crippen molar-refractivity contribution in [1.29, 1.82) is 0 Å². The molecule has 1 fully saturated rings. The van der Waals surface area contributed by atoms with Gasteiger partial charge in [-0.15, -0.1) is 0 Å². The topological polar surface area (TPSA) is 92.6 Å². The molecule has 3 amide bonds. The molecule has 8 rings (SSSR count). The number of fused-ring (bicyclic) bond motifs is 2. The second-order valence-corrected chi connectivity index (χ2v) is 16.1. The number of hydrogen-bond acceptors (Lipinski definition) is 6. The zero-order chi connectivity index (χ0) is 40.0. The number of hydrogen-bond donors (Lipinski definition) is 1. The van der Waals surface area contributed by atoms with E-state index in [1.165, 1.54) is 11.3 Å². The van der Waals surface area contributed by atoms with Crippen molar-refractivity contribution in [3.05, 3.63) is 136 Å². The first-order valence-corrected chi connectivity index (χ1v) is 20.0. The number of phenolic OH excluding ortho intramolecular Hbond substituents is 1. The first-order valence-electron chi connectivity index (χ1n) is 20.0. The molecular formula is C47H52N6O4. The minimum Gasteiger partial charge on any atom is -0.508 e. The summed E-state index contributed by atoms with van der Waals surface area (Å²) in [4.78, 5) is 52.9. The number of benzene rings is 4. The summed E-state index contributed by atoms with van der Waals surface area (Å²) in [6, 6.07) is 29.3. The molecule has 3 aliphatic rings. The molecule has 5 aromatic rings. The van der Waals surface area contributed by atoms with Crippen LogP contribution in [-0.2, 0) is 44.2 Å². The lowest BCUT2D eigenvalue weighted by Crippen LogP contribution is -2.44. The van der Waals surface area contributed by atoms with E-state index in [1.54, 1.807) is 36.2 Å². The Morgan fingerprint density at radius 3 is 2.19 bits per heavy atom. The smallest absolute Gasteiger partial charge is 0.259 e. The Morgan fingerprint density at radius 2 is 1.47 bits per heavy atom. The summed E-state index contributed by atoms with van der Waals surface area (Å²) in [5.41, 5.74) is 10.8. The Bertz CT molecular complexity index is 2320. The van der Waals surface area contributed by atoms with Crippen molar-refractivity contribution in [3.8, 4) is 17.0 Å². The van der Waals surface area contributed by atoms with Gasteiger partial charge in [0.05, 0.1) is 12.0 Å². The zero-order valence-electron chi connectivity index (χ0n) is 33.7. The van der Waals surface area contributed by atoms with Crippen molar-refractivity contribution in [2.24, 2.45) is 7.05 Å². The van der Waals surface area contributed by atoms with Crippen LogP contribution in [-0.4, -0.2) is 95.0 Å². The van der Waals surface area contributed by atoms with Crippen LogP contribution in [0.1, 0.15) is 61.2 Å². The number of anilines is 2. The number of carbonyl (C=O) groups is 3. The average molecular weight is 765 g/mol. The number of aromatic hydroxyl groups is 1. The van der Waals surface area contributed by atoms with Gasteiger partial charge in [-0.05, 0) is 116 Å². The molecule has 1 atom stereocenters. The maximum Gasteiger partial charge on any atom is 0.259 e. The monoisotopic (exact) mass is 764 g/mol. The predicted molar refractivity (Wildman–Crippen MR) is 225 cm³/mol. The van der Waals surface area contributed by atoms with E-state index in [-0.39, 0.29) is 29.5 Å². The van der Waals surface area contributed by atoms with E-state index in [0.717, 1.165) is 71.8 Å². The van der Waals surface area contributed by atoms with Crippen molar-refractivity contribution >= 4 is 29.1 Å². The predicted octanol–water partition coefficient (Wildman–Crippen LogP) is 6.45. The lowest BCUT2D eigenvalue weighted by molar-refractivity contribution is -0.131. The third-order valence-electron chi connectivity index (χ3n) is 12.4. The number of aromatic nitrogens is 1. The fourth-order valence-corrected chi connectivity index (χ4v) is 8.64. The molecule has 1 N–H and O–H groups in total. The minimum atomic E-state index is -0.185. The molecule has 57 heavy (non-hydrogen) atoms. The highest BCUT2D eigenvalue weighted by molar-refractivity contribution is 6.08. The molecule has 4 heterocycles. The fraction of sp³-hybridized carbons (Fsp3) is 0.340. The Kier molecular flexibility index (Phi) is 10.4. The SMILES string of the molecule is Cc1c(C(=O)N(C)c2ccc(O)cc2)cc(-c2cc3c(cc2C(=O)N2Cc4ccccc4C[C@H]2C)CN(C(=O)Cc2ccc(N4CCN(C)CC4)cc2)CC3)n1C. The van der Waals surface area contributed by atoms with E-state index in [9.17, 15) is 19.5 Å². The second kappa shape index (κ2) is 15.6. The molecule has 0 saturated carbocycles. The van der Waals surface area contributed by atoms with E-state index in [2.05, 4.69) is 72.3 Å². The van der Waals surface area contributed by atoms with Crippen LogP contribution in [0.4, 0.5) is 11.4 Å². The van der Waals surface area contributed by atoms with Crippen LogP contribution in [0.25, 0.3) is 11.3 Å². The van der Waals surface area contributed by atoms with Gasteiger partial charge >= 0.3 is 0 Å². The molecule has 10 heteroatoms. The maximum absolute atomic E-state index is 14.9. The van der Waals surface area contributed by atoms with Crippen LogP contribution >= 0.6 is 0 Å². The molecule has 294 valence electrons. The van der Waals surface area contributed by atoms with Crippen molar-refractivity contribution in [2.45, 2.75) is 52.2 Å². The van der Waals surface area contributed by atoms with Crippen molar-refractivity contribution in [2.75, 3.05) is 56.6 Å². The van der Waals surface area contributed by atoms with Crippen LogP contribution in [0, 0.1) is 6.92 Å². The molecule has 0 unspecified atom stereocenters. The number of carbonyl (C=O) groups excluding carboxylic acids is 3. The molecule has 1 aromatic heterocycles. The van der Waals surface area contributed by atoms with Gasteiger partial charge in [0.25, 0.3) is 11.8 Å². The van der Waals surface area contributed by atoms with E-state index < -0.39 is 0 Å². The Morgan fingerprint density at radius 1 is 0.772 bits per heavy atom. The van der Waals surface area contributed by atoms with Gasteiger partial charge in [0.1, 0.15) is 5.75 Å². The van der Waals surface area contributed by atoms with Gasteiger partial charge in [-0.2, -0.15) is 0 Å². The van der Waals surface area contributed by atoms with Gasteiger partial charge in [0.15, 0.2) is 0 Å². The molecule has 1 saturated heterocycles. The van der Waals surface area contributed by atoms with Crippen molar-refractivity contribution in [3.63, 3.8) is 0 Å². The maximum atomic E-state index is 14.9. The number of phenols is 1. The first-order chi connectivity index (χ1) is 27.4. The molecule has 0 spiro atoms. The molecule has 10 nitrogen and oxygen atoms in total. The normalized spacial score (nSPS) is 16.9. The Hall–Kier alpha value is -5.87. The summed E-state index contributed by atoms with van der Waals surface area (Å²) in [5, 5.41) is 9.81. The summed E-state index contributed by atoms with van der Waals surface area (Å²) in [7, 11) is 5.82. The number of amides is 3. The van der Waals surface area contributed by atoms with E-state index in [0.29, 0.717) is 49.3 Å². The third kappa shape index (κ3) is 7.54. The van der Waals surface area contributed by atoms with E-state index in [4.69, 9.17) is 0 Å². The highest BCUT2D eigenvalue weighted by atomic mass is 16.3. The lowest BCUT2D eigenvalue weighted by atomic mass is 9.89. The van der Waals surface area contributed by atoms with Crippen LogP contribution in [0.2, 0.25) is 0 Å². The lowest BCUT2D eigenvalue weighted by Gasteiger charge is -2.36. The average Bonchev–Trinajstić information content (AvgIpc) is 3.52. The molecular weight excluding hydrogens is 713 g/mol. The quantitative estimate of drug-likeness (QED) is 0.205. The number of piperazine rings is 1. The van der Waals surface area contributed by atoms with E-state index >= 15 is 0 Å². The summed E-state index contributed by atoms with van der Waals surface area (Å²) in [5.74, 6) is -0.0417. The van der Waals surface area contributed by atoms with Crippen LogP contribution < -0.4 is 9.80 Å². The molecule has 0 aliphatic carbocycles. The van der Waals surface area contributed by atoms with Gasteiger partial charge in [-0.1, -0.05) is 36.4 Å². The molecule has 4 aromatic carbocycles. The van der Waals surface area contributed by atoms with Crippen molar-refractivity contribution in [1.82, 2.24) is 19.3 Å². The van der Waals surface area contributed by atoms with Gasteiger partial charge < -0.3 is 34.2 Å². The van der Waals surface area contributed by atoms with Crippen LogP contribution in [0.5, 0.6) is 5.75 Å². The second-order valence-electron chi connectivity index (χ2n) is 16.1. The number of nitrogens with zero attached hydrogens (tertiary/aromatic N) is 6. The summed E-state index contributed by atoms with van der Waals surface area (Å²) in [6.45, 7) is 9.65. The largest absolute Gasteiger partial charge is 0.508 e. The molecule has 0 radical (unpaired) electrons. The van der Waals surface area contributed by atoms with Crippen LogP contribution in [0.3, 0.4) is 0 Å². The minimum absolute atomic E-state index is 0.0109. The summed E-state index contributed by atoms with van der Waals surface area (Å²) >= 11 is 0. The zero-order valence-corrected chi connectivity index (χ0v) is 33.7. The van der Waals surface area contributed by atoms with Crippen molar-refractivity contribution < 1.29 is 19.5 Å². The Labute approximate surface area is 335 Å². The number of rotatable bonds is 7. The summed E-state index contributed by atoms with van der Waals surface area (Å²) < 4.78 is 2.00. The molecule has 0 bridgehead atoms. The third-order valence-corrected chi connectivity index (χ3v) is 12.4. The van der Waals surface area contributed by atoms with Gasteiger partial charge in [0, 0.05) is 99.8 Å². The highest BCUT2D eigenvalue weighted by Crippen LogP contribution is 2.36. The number of likely N-dealkylation sites (N-methyl/N-ethyl adjacent to an activating group) is 1. The van der Waals surface area contributed by atoms with Crippen LogP contribution in [0.15, 0.2) is 91.0 Å². The summed E-state index contributed by atoms with van der Waals surface area (Å²) in [6.07, 6.45) is 1.76. The Balaban J connectivity index is 1.10. The van der Waals surface area contributed by atoms with E-state index in [1.807, 2.05) is 46.5 Å². The van der Waals surface area contributed by atoms with Gasteiger partial charge in [0.2, 0.25) is 5.91 Å². The highest BCUT2D eigenvalue weighted by Gasteiger charge is 2.32. The van der Waals surface area contributed by atoms with Gasteiger partial charge in [-0.25, -0.2) is 0 Å². The fourth-order valence-electron chi connectivity index (χ4n) is 8.64. The molecule has 3 aliphatic heterocycles.